The number of halogens is 2. The van der Waals surface area contributed by atoms with Gasteiger partial charge in [0.25, 0.3) is 5.56 Å². The third kappa shape index (κ3) is 6.20. The van der Waals surface area contributed by atoms with Gasteiger partial charge in [0.05, 0.1) is 48.8 Å². The van der Waals surface area contributed by atoms with E-state index >= 15 is 0 Å². The summed E-state index contributed by atoms with van der Waals surface area (Å²) in [5.41, 5.74) is 2.95. The average molecular weight is 806 g/mol. The lowest BCUT2D eigenvalue weighted by Crippen LogP contribution is -2.40. The Bertz CT molecular complexity index is 1820. The van der Waals surface area contributed by atoms with Crippen LogP contribution in [0.5, 0.6) is 11.5 Å². The Morgan fingerprint density at radius 3 is 2.33 bits per heavy atom. The van der Waals surface area contributed by atoms with Crippen molar-refractivity contribution in [3.8, 4) is 11.5 Å². The first-order valence-corrected chi connectivity index (χ1v) is 16.3. The maximum Gasteiger partial charge on any atom is 0.338 e. The van der Waals surface area contributed by atoms with Crippen LogP contribution in [0, 0.1) is 7.14 Å². The summed E-state index contributed by atoms with van der Waals surface area (Å²) in [6.45, 7) is 5.94. The molecule has 0 aliphatic carbocycles. The van der Waals surface area contributed by atoms with Crippen LogP contribution < -0.4 is 24.4 Å². The molecule has 5 rings (SSSR count). The third-order valence-electron chi connectivity index (χ3n) is 6.48. The van der Waals surface area contributed by atoms with Gasteiger partial charge >= 0.3 is 5.97 Å². The molecule has 3 aromatic carbocycles. The molecule has 0 spiro atoms. The van der Waals surface area contributed by atoms with Gasteiger partial charge in [-0.15, -0.1) is 0 Å². The van der Waals surface area contributed by atoms with Gasteiger partial charge in [-0.3, -0.25) is 9.36 Å². The van der Waals surface area contributed by atoms with Gasteiger partial charge in [0.1, 0.15) is 11.5 Å². The molecule has 0 radical (unpaired) electrons. The van der Waals surface area contributed by atoms with Crippen LogP contribution in [0.25, 0.3) is 11.8 Å². The Morgan fingerprint density at radius 2 is 1.74 bits per heavy atom. The van der Waals surface area contributed by atoms with Gasteiger partial charge in [0, 0.05) is 5.56 Å². The van der Waals surface area contributed by atoms with E-state index in [-0.39, 0.29) is 18.3 Å². The van der Waals surface area contributed by atoms with E-state index < -0.39 is 12.0 Å². The molecule has 7 nitrogen and oxygen atoms in total. The first kappa shape index (κ1) is 30.5. The zero-order chi connectivity index (χ0) is 30.0. The number of esters is 1. The van der Waals surface area contributed by atoms with E-state index in [1.807, 2.05) is 86.7 Å². The fraction of sp³-hybridized carbons (Fsp3) is 0.219. The van der Waals surface area contributed by atoms with Crippen molar-refractivity contribution in [2.24, 2.45) is 4.99 Å². The minimum absolute atomic E-state index is 0.0481. The first-order chi connectivity index (χ1) is 20.2. The molecule has 1 aliphatic heterocycles. The Kier molecular flexibility index (Phi) is 9.53. The molecule has 0 saturated carbocycles. The third-order valence-corrected chi connectivity index (χ3v) is 9.06. The van der Waals surface area contributed by atoms with Crippen molar-refractivity contribution in [1.29, 1.82) is 0 Å². The zero-order valence-electron chi connectivity index (χ0n) is 23.4. The van der Waals surface area contributed by atoms with Gasteiger partial charge in [-0.05, 0) is 107 Å². The summed E-state index contributed by atoms with van der Waals surface area (Å²) in [6.07, 6.45) is 1.92. The van der Waals surface area contributed by atoms with E-state index in [1.165, 1.54) is 11.3 Å². The van der Waals surface area contributed by atoms with Crippen molar-refractivity contribution in [2.45, 2.75) is 32.9 Å². The number of hydrogen-bond acceptors (Lipinski definition) is 7. The first-order valence-electron chi connectivity index (χ1n) is 13.3. The standard InChI is InChI=1S/C32H28I2N2O5S/c1-5-40-31(38)26-27(20-9-7-6-8-10-20)35-32-36(28(26)21-11-13-22(39-4)14-12-21)30(37)25(42-32)17-19-15-23(33)29(24(34)16-19)41-18(2)3/h6-18,28H,5H2,1-4H3/b25-17-/t28-/m0/s1. The molecular formula is C32H28I2N2O5S. The van der Waals surface area contributed by atoms with E-state index in [4.69, 9.17) is 19.2 Å². The smallest absolute Gasteiger partial charge is 0.338 e. The fourth-order valence-corrected chi connectivity index (χ4v) is 7.78. The van der Waals surface area contributed by atoms with Crippen molar-refractivity contribution in [2.75, 3.05) is 13.7 Å². The molecule has 0 bridgehead atoms. The highest BCUT2D eigenvalue weighted by atomic mass is 127. The van der Waals surface area contributed by atoms with Crippen LogP contribution in [-0.2, 0) is 9.53 Å². The largest absolute Gasteiger partial charge is 0.497 e. The minimum atomic E-state index is -0.745. The Hall–Kier alpha value is -2.97. The summed E-state index contributed by atoms with van der Waals surface area (Å²) in [5, 5.41) is 0. The van der Waals surface area contributed by atoms with Crippen LogP contribution in [0.2, 0.25) is 0 Å². The molecule has 0 fully saturated rings. The lowest BCUT2D eigenvalue weighted by Gasteiger charge is -2.26. The van der Waals surface area contributed by atoms with Crippen LogP contribution in [0.4, 0.5) is 0 Å². The second-order valence-corrected chi connectivity index (χ2v) is 13.0. The topological polar surface area (TPSA) is 79.1 Å². The summed E-state index contributed by atoms with van der Waals surface area (Å²) in [4.78, 5) is 33.1. The Labute approximate surface area is 274 Å². The minimum Gasteiger partial charge on any atom is -0.497 e. The highest BCUT2D eigenvalue weighted by Crippen LogP contribution is 2.36. The molecule has 1 atom stereocenters. The number of thiazole rings is 1. The second kappa shape index (κ2) is 13.1. The molecule has 0 N–H and O–H groups in total. The predicted molar refractivity (Wildman–Crippen MR) is 182 cm³/mol. The van der Waals surface area contributed by atoms with Crippen LogP contribution in [0.3, 0.4) is 0 Å². The molecule has 0 saturated heterocycles. The molecule has 10 heteroatoms. The van der Waals surface area contributed by atoms with Crippen molar-refractivity contribution >= 4 is 74.3 Å². The lowest BCUT2D eigenvalue weighted by molar-refractivity contribution is -0.138. The summed E-state index contributed by atoms with van der Waals surface area (Å²) < 4.78 is 20.9. The van der Waals surface area contributed by atoms with Crippen LogP contribution >= 0.6 is 56.5 Å². The maximum atomic E-state index is 14.1. The number of aromatic nitrogens is 1. The number of carbonyl (C=O) groups is 1. The van der Waals surface area contributed by atoms with Crippen molar-refractivity contribution in [1.82, 2.24) is 4.57 Å². The SMILES string of the molecule is CCOC(=O)C1=C(c2ccccc2)N=c2s/c(=C\c3cc(I)c(OC(C)C)c(I)c3)c(=O)n2[C@H]1c1ccc(OC)cc1. The molecule has 4 aromatic rings. The number of fused-ring (bicyclic) bond motifs is 1. The second-order valence-electron chi connectivity index (χ2n) is 9.68. The van der Waals surface area contributed by atoms with Gasteiger partial charge in [-0.25, -0.2) is 9.79 Å². The highest BCUT2D eigenvalue weighted by Gasteiger charge is 2.35. The fourth-order valence-electron chi connectivity index (χ4n) is 4.70. The molecule has 42 heavy (non-hydrogen) atoms. The summed E-state index contributed by atoms with van der Waals surface area (Å²) in [5.74, 6) is 0.987. The van der Waals surface area contributed by atoms with E-state index in [1.54, 1.807) is 18.6 Å². The molecule has 1 aromatic heterocycles. The number of hydrogen-bond donors (Lipinski definition) is 0. The molecule has 2 heterocycles. The van der Waals surface area contributed by atoms with Crippen molar-refractivity contribution in [3.05, 3.63) is 116 Å². The number of nitrogens with zero attached hydrogens (tertiary/aromatic N) is 2. The Balaban J connectivity index is 1.77. The zero-order valence-corrected chi connectivity index (χ0v) is 28.5. The Morgan fingerprint density at radius 1 is 1.07 bits per heavy atom. The maximum absolute atomic E-state index is 14.1. The molecule has 0 amide bonds. The van der Waals surface area contributed by atoms with E-state index in [9.17, 15) is 9.59 Å². The normalized spacial score (nSPS) is 14.9. The van der Waals surface area contributed by atoms with Gasteiger partial charge in [0.15, 0.2) is 4.80 Å². The summed E-state index contributed by atoms with van der Waals surface area (Å²) >= 11 is 5.82. The van der Waals surface area contributed by atoms with Crippen molar-refractivity contribution < 1.29 is 19.0 Å². The lowest BCUT2D eigenvalue weighted by atomic mass is 9.93. The monoisotopic (exact) mass is 806 g/mol. The molecule has 216 valence electrons. The van der Waals surface area contributed by atoms with Gasteiger partial charge < -0.3 is 14.2 Å². The molecule has 0 unspecified atom stereocenters. The van der Waals surface area contributed by atoms with E-state index in [0.29, 0.717) is 26.4 Å². The number of methoxy groups -OCH3 is 1. The number of carbonyl (C=O) groups excluding carboxylic acids is 1. The van der Waals surface area contributed by atoms with Crippen LogP contribution in [0.15, 0.2) is 82.1 Å². The number of benzene rings is 3. The quantitative estimate of drug-likeness (QED) is 0.163. The van der Waals surface area contributed by atoms with Crippen LogP contribution in [-0.4, -0.2) is 30.4 Å². The van der Waals surface area contributed by atoms with E-state index in [0.717, 1.165) is 29.6 Å². The van der Waals surface area contributed by atoms with Crippen molar-refractivity contribution in [3.63, 3.8) is 0 Å². The number of rotatable bonds is 8. The summed E-state index contributed by atoms with van der Waals surface area (Å²) in [7, 11) is 1.60. The average Bonchev–Trinajstić information content (AvgIpc) is 3.28. The summed E-state index contributed by atoms with van der Waals surface area (Å²) in [6, 6.07) is 20.1. The molecular weight excluding hydrogens is 778 g/mol. The highest BCUT2D eigenvalue weighted by molar-refractivity contribution is 14.1. The molecule has 1 aliphatic rings. The van der Waals surface area contributed by atoms with E-state index in [2.05, 4.69) is 45.2 Å². The van der Waals surface area contributed by atoms with Gasteiger partial charge in [-0.1, -0.05) is 53.8 Å². The van der Waals surface area contributed by atoms with Crippen LogP contribution in [0.1, 0.15) is 43.5 Å². The number of ether oxygens (including phenoxy) is 3. The van der Waals surface area contributed by atoms with Gasteiger partial charge in [0.2, 0.25) is 0 Å². The predicted octanol–water partition coefficient (Wildman–Crippen LogP) is 5.94. The van der Waals surface area contributed by atoms with Gasteiger partial charge in [-0.2, -0.15) is 0 Å².